The van der Waals surface area contributed by atoms with Gasteiger partial charge in [-0.3, -0.25) is 0 Å². The van der Waals surface area contributed by atoms with E-state index < -0.39 is 0 Å². The van der Waals surface area contributed by atoms with Gasteiger partial charge in [0, 0.05) is 0 Å². The molecular formula is C24H36. The van der Waals surface area contributed by atoms with E-state index in [0.717, 1.165) is 0 Å². The molecule has 3 aliphatic carbocycles. The van der Waals surface area contributed by atoms with Gasteiger partial charge in [-0.2, -0.15) is 0 Å². The third kappa shape index (κ3) is 5.10. The van der Waals surface area contributed by atoms with E-state index in [1.54, 1.807) is 27.8 Å². The van der Waals surface area contributed by atoms with E-state index in [2.05, 4.69) is 38.1 Å². The summed E-state index contributed by atoms with van der Waals surface area (Å²) >= 11 is 0. The molecule has 0 atom stereocenters. The van der Waals surface area contributed by atoms with E-state index in [0.29, 0.717) is 0 Å². The first-order chi connectivity index (χ1) is 11.2. The second-order valence-corrected chi connectivity index (χ2v) is 7.69. The van der Waals surface area contributed by atoms with E-state index in [-0.39, 0.29) is 7.43 Å². The van der Waals surface area contributed by atoms with Crippen LogP contribution >= 0.6 is 0 Å². The van der Waals surface area contributed by atoms with Crippen LogP contribution in [0.25, 0.3) is 0 Å². The van der Waals surface area contributed by atoms with Crippen molar-refractivity contribution in [2.45, 2.75) is 91.9 Å². The Hall–Kier alpha value is -1.30. The minimum atomic E-state index is 0. The van der Waals surface area contributed by atoms with E-state index in [1.165, 1.54) is 76.2 Å². The molecule has 1 aromatic carbocycles. The molecule has 3 aliphatic rings. The molecule has 132 valence electrons. The van der Waals surface area contributed by atoms with Crippen molar-refractivity contribution in [3.8, 4) is 0 Å². The van der Waals surface area contributed by atoms with Crippen molar-refractivity contribution in [2.75, 3.05) is 0 Å². The summed E-state index contributed by atoms with van der Waals surface area (Å²) in [5.74, 6) is 0. The largest absolute Gasteiger partial charge is 0.0776 e. The summed E-state index contributed by atoms with van der Waals surface area (Å²) in [7, 11) is 0. The van der Waals surface area contributed by atoms with Crippen molar-refractivity contribution in [1.82, 2.24) is 0 Å². The first-order valence-electron chi connectivity index (χ1n) is 9.69. The zero-order chi connectivity index (χ0) is 16.1. The topological polar surface area (TPSA) is 0 Å². The average Bonchev–Trinajstić information content (AvgIpc) is 2.73. The molecule has 0 saturated carbocycles. The number of benzene rings is 1. The standard InChI is InChI=1S/C12H16.C11H16.CH4/c1-10-7-8-11-5-3-2-4-6-12(11)9-10;1-9-7-10-5-3-2-4-6-11(10)8-9;/h7-9H,2-6H2,1H3;7H,2-6,8H2,1H3;1H4. The third-order valence-corrected chi connectivity index (χ3v) is 5.55. The lowest BCUT2D eigenvalue weighted by molar-refractivity contribution is 0.702. The van der Waals surface area contributed by atoms with Crippen LogP contribution in [0.1, 0.15) is 88.8 Å². The van der Waals surface area contributed by atoms with Crippen molar-refractivity contribution in [3.63, 3.8) is 0 Å². The highest BCUT2D eigenvalue weighted by molar-refractivity contribution is 5.38. The highest BCUT2D eigenvalue weighted by Crippen LogP contribution is 2.34. The Morgan fingerprint density at radius 1 is 0.708 bits per heavy atom. The number of hydrogen-bond acceptors (Lipinski definition) is 0. The van der Waals surface area contributed by atoms with Gasteiger partial charge >= 0.3 is 0 Å². The Kier molecular flexibility index (Phi) is 7.34. The molecule has 0 saturated heterocycles. The summed E-state index contributed by atoms with van der Waals surface area (Å²) < 4.78 is 0. The van der Waals surface area contributed by atoms with E-state index >= 15 is 0 Å². The molecule has 24 heavy (non-hydrogen) atoms. The Morgan fingerprint density at radius 2 is 1.38 bits per heavy atom. The Labute approximate surface area is 150 Å². The molecule has 0 amide bonds. The SMILES string of the molecule is C.CC1=CC2=C(CCCCC2)C1.Cc1ccc2c(c1)CCCCC2. The molecule has 0 fully saturated rings. The second-order valence-electron chi connectivity index (χ2n) is 7.69. The highest BCUT2D eigenvalue weighted by atomic mass is 14.2. The minimum Gasteiger partial charge on any atom is -0.0776 e. The van der Waals surface area contributed by atoms with E-state index in [4.69, 9.17) is 0 Å². The first-order valence-corrected chi connectivity index (χ1v) is 9.69. The predicted octanol–water partition coefficient (Wildman–Crippen LogP) is 7.50. The Bertz CT molecular complexity index is 600. The minimum absolute atomic E-state index is 0. The highest BCUT2D eigenvalue weighted by Gasteiger charge is 2.14. The average molecular weight is 325 g/mol. The number of aryl methyl sites for hydroxylation is 3. The van der Waals surface area contributed by atoms with Crippen LogP contribution in [0, 0.1) is 6.92 Å². The maximum atomic E-state index is 2.42. The first kappa shape index (κ1) is 19.0. The molecular weight excluding hydrogens is 288 g/mol. The maximum absolute atomic E-state index is 2.42. The van der Waals surface area contributed by atoms with Gasteiger partial charge in [-0.25, -0.2) is 0 Å². The molecule has 0 nitrogen and oxygen atoms in total. The lowest BCUT2D eigenvalue weighted by Gasteiger charge is -2.05. The van der Waals surface area contributed by atoms with Crippen molar-refractivity contribution in [3.05, 3.63) is 57.7 Å². The van der Waals surface area contributed by atoms with Crippen molar-refractivity contribution < 1.29 is 0 Å². The van der Waals surface area contributed by atoms with Crippen LogP contribution in [-0.2, 0) is 12.8 Å². The van der Waals surface area contributed by atoms with Crippen molar-refractivity contribution in [1.29, 1.82) is 0 Å². The van der Waals surface area contributed by atoms with Crippen molar-refractivity contribution in [2.24, 2.45) is 0 Å². The fraction of sp³-hybridized carbons (Fsp3) is 0.583. The molecule has 1 aromatic rings. The summed E-state index contributed by atoms with van der Waals surface area (Å²) in [6.07, 6.45) is 17.5. The summed E-state index contributed by atoms with van der Waals surface area (Å²) in [6.45, 7) is 4.44. The van der Waals surface area contributed by atoms with Gasteiger partial charge < -0.3 is 0 Å². The van der Waals surface area contributed by atoms with Gasteiger partial charge in [0.05, 0.1) is 0 Å². The smallest absolute Gasteiger partial charge is 0.0102 e. The number of fused-ring (bicyclic) bond motifs is 1. The van der Waals surface area contributed by atoms with Crippen LogP contribution < -0.4 is 0 Å². The van der Waals surface area contributed by atoms with E-state index in [1.807, 2.05) is 0 Å². The van der Waals surface area contributed by atoms with Gasteiger partial charge in [0.2, 0.25) is 0 Å². The third-order valence-electron chi connectivity index (χ3n) is 5.55. The summed E-state index contributed by atoms with van der Waals surface area (Å²) in [5, 5.41) is 0. The Morgan fingerprint density at radius 3 is 2.17 bits per heavy atom. The fourth-order valence-corrected chi connectivity index (χ4v) is 4.27. The van der Waals surface area contributed by atoms with Gasteiger partial charge in [-0.1, -0.05) is 61.3 Å². The van der Waals surface area contributed by atoms with Gasteiger partial charge in [0.15, 0.2) is 0 Å². The molecule has 0 unspecified atom stereocenters. The zero-order valence-electron chi connectivity index (χ0n) is 15.1. The molecule has 0 spiro atoms. The monoisotopic (exact) mass is 324 g/mol. The van der Waals surface area contributed by atoms with Crippen LogP contribution in [-0.4, -0.2) is 0 Å². The van der Waals surface area contributed by atoms with Gasteiger partial charge in [-0.15, -0.1) is 0 Å². The van der Waals surface area contributed by atoms with Gasteiger partial charge in [0.1, 0.15) is 0 Å². The van der Waals surface area contributed by atoms with Crippen LogP contribution in [0.2, 0.25) is 0 Å². The molecule has 4 rings (SSSR count). The summed E-state index contributed by atoms with van der Waals surface area (Å²) in [4.78, 5) is 0. The summed E-state index contributed by atoms with van der Waals surface area (Å²) in [5.41, 5.74) is 9.62. The molecule has 0 aliphatic heterocycles. The quantitative estimate of drug-likeness (QED) is 0.433. The van der Waals surface area contributed by atoms with Crippen molar-refractivity contribution >= 4 is 0 Å². The number of hydrogen-bond donors (Lipinski definition) is 0. The molecule has 0 bridgehead atoms. The molecule has 0 aromatic heterocycles. The number of rotatable bonds is 0. The molecule has 0 heteroatoms. The zero-order valence-corrected chi connectivity index (χ0v) is 15.1. The summed E-state index contributed by atoms with van der Waals surface area (Å²) in [6, 6.07) is 6.92. The number of allylic oxidation sites excluding steroid dienone is 4. The second kappa shape index (κ2) is 9.25. The van der Waals surface area contributed by atoms with Crippen LogP contribution in [0.5, 0.6) is 0 Å². The Balaban J connectivity index is 0.000000167. The molecule has 0 heterocycles. The lowest BCUT2D eigenvalue weighted by Crippen LogP contribution is -1.90. The normalized spacial score (nSPS) is 19.7. The van der Waals surface area contributed by atoms with Crippen LogP contribution in [0.3, 0.4) is 0 Å². The predicted molar refractivity (Wildman–Crippen MR) is 108 cm³/mol. The maximum Gasteiger partial charge on any atom is -0.0102 e. The van der Waals surface area contributed by atoms with Crippen LogP contribution in [0.15, 0.2) is 41.0 Å². The molecule has 0 N–H and O–H groups in total. The van der Waals surface area contributed by atoms with E-state index in [9.17, 15) is 0 Å². The molecule has 0 radical (unpaired) electrons. The fourth-order valence-electron chi connectivity index (χ4n) is 4.27. The lowest BCUT2D eigenvalue weighted by atomic mass is 10.0. The van der Waals surface area contributed by atoms with Gasteiger partial charge in [0.25, 0.3) is 0 Å². The van der Waals surface area contributed by atoms with Crippen LogP contribution in [0.4, 0.5) is 0 Å². The van der Waals surface area contributed by atoms with Gasteiger partial charge in [-0.05, 0) is 88.3 Å².